The van der Waals surface area contributed by atoms with Crippen molar-refractivity contribution in [3.63, 3.8) is 0 Å². The number of aliphatic hydroxyl groups is 3. The number of quaternary nitrogens is 1. The zero-order valence-electron chi connectivity index (χ0n) is 16.0. The summed E-state index contributed by atoms with van der Waals surface area (Å²) in [6, 6.07) is 7.25. The van der Waals surface area contributed by atoms with E-state index in [0.29, 0.717) is 30.9 Å². The maximum Gasteiger partial charge on any atom is 0.185 e. The van der Waals surface area contributed by atoms with E-state index in [0.717, 1.165) is 5.69 Å². The third-order valence-electron chi connectivity index (χ3n) is 4.56. The molecule has 0 unspecified atom stereocenters. The highest BCUT2D eigenvalue weighted by Crippen LogP contribution is 2.20. The molecule has 0 radical (unpaired) electrons. The number of hydrogen-bond donors (Lipinski definition) is 4. The van der Waals surface area contributed by atoms with Crippen LogP contribution in [0.2, 0.25) is 0 Å². The SMILES string of the molecule is CC1=C(O)/C(=N/c2ccc(NCCC[N+]([O-])(CCO)CCO)cc2)C=CC1=O. The standard InChI is InChI=1S/C20H27N3O5/c1-15-19(26)8-7-18(20(15)27)22-17-5-3-16(4-6-17)21-9-2-10-23(28,11-13-24)12-14-25/h3-8,21,24-25,27H,2,9-14H2,1H3/b22-18+. The lowest BCUT2D eigenvalue weighted by molar-refractivity contribution is -0.881. The van der Waals surface area contributed by atoms with E-state index in [2.05, 4.69) is 10.3 Å². The van der Waals surface area contributed by atoms with Crippen LogP contribution in [-0.4, -0.2) is 70.9 Å². The minimum absolute atomic E-state index is 0.0798. The Bertz CT molecular complexity index is 763. The van der Waals surface area contributed by atoms with Gasteiger partial charge in [-0.25, -0.2) is 4.99 Å². The van der Waals surface area contributed by atoms with Gasteiger partial charge >= 0.3 is 0 Å². The minimum atomic E-state index is -0.600. The van der Waals surface area contributed by atoms with Gasteiger partial charge in [0.05, 0.1) is 25.4 Å². The van der Waals surface area contributed by atoms with Crippen molar-refractivity contribution in [2.75, 3.05) is 44.7 Å². The highest BCUT2D eigenvalue weighted by molar-refractivity contribution is 6.21. The number of nitrogens with one attached hydrogen (secondary N) is 1. The molecule has 0 aliphatic heterocycles. The molecule has 8 heteroatoms. The first-order valence-electron chi connectivity index (χ1n) is 9.22. The normalized spacial score (nSPS) is 16.1. The van der Waals surface area contributed by atoms with Crippen LogP contribution in [0.15, 0.2) is 52.7 Å². The predicted molar refractivity (Wildman–Crippen MR) is 109 cm³/mol. The van der Waals surface area contributed by atoms with Gasteiger partial charge in [-0.05, 0) is 43.3 Å². The Balaban J connectivity index is 1.89. The lowest BCUT2D eigenvalue weighted by atomic mass is 10.0. The van der Waals surface area contributed by atoms with Gasteiger partial charge in [0, 0.05) is 24.2 Å². The van der Waals surface area contributed by atoms with Crippen molar-refractivity contribution in [3.05, 3.63) is 53.0 Å². The van der Waals surface area contributed by atoms with Gasteiger partial charge in [-0.1, -0.05) is 0 Å². The van der Waals surface area contributed by atoms with Gasteiger partial charge in [0.15, 0.2) is 5.78 Å². The molecule has 0 amide bonds. The fourth-order valence-corrected chi connectivity index (χ4v) is 2.85. The first-order chi connectivity index (χ1) is 13.4. The predicted octanol–water partition coefficient (Wildman–Crippen LogP) is 1.83. The van der Waals surface area contributed by atoms with Crippen LogP contribution in [0.3, 0.4) is 0 Å². The molecule has 152 valence electrons. The summed E-state index contributed by atoms with van der Waals surface area (Å²) < 4.78 is -0.600. The molecule has 1 aromatic carbocycles. The van der Waals surface area contributed by atoms with Gasteiger partial charge in [-0.2, -0.15) is 0 Å². The Kier molecular flexibility index (Phi) is 7.89. The topological polar surface area (TPSA) is 125 Å². The number of carbonyl (C=O) groups excluding carboxylic acids is 1. The first kappa shape index (κ1) is 21.8. The number of anilines is 1. The van der Waals surface area contributed by atoms with E-state index < -0.39 is 4.65 Å². The fourth-order valence-electron chi connectivity index (χ4n) is 2.85. The molecule has 1 aromatic rings. The Morgan fingerprint density at radius 2 is 1.71 bits per heavy atom. The van der Waals surface area contributed by atoms with Crippen LogP contribution in [0, 0.1) is 5.21 Å². The molecule has 0 saturated heterocycles. The summed E-state index contributed by atoms with van der Waals surface area (Å²) in [4.78, 5) is 15.8. The Labute approximate surface area is 164 Å². The number of carbonyl (C=O) groups is 1. The lowest BCUT2D eigenvalue weighted by Gasteiger charge is -2.42. The third kappa shape index (κ3) is 6.00. The minimum Gasteiger partial charge on any atom is -0.633 e. The summed E-state index contributed by atoms with van der Waals surface area (Å²) >= 11 is 0. The Morgan fingerprint density at radius 1 is 1.07 bits per heavy atom. The molecule has 1 aliphatic carbocycles. The average Bonchev–Trinajstić information content (AvgIpc) is 2.67. The second-order valence-electron chi connectivity index (χ2n) is 6.67. The Hall–Kier alpha value is -2.52. The quantitative estimate of drug-likeness (QED) is 0.209. The lowest BCUT2D eigenvalue weighted by Crippen LogP contribution is -2.47. The second kappa shape index (κ2) is 10.1. The molecule has 0 aromatic heterocycles. The fraction of sp³-hybridized carbons (Fsp3) is 0.400. The van der Waals surface area contributed by atoms with E-state index in [-0.39, 0.29) is 43.4 Å². The number of aliphatic hydroxyl groups excluding tert-OH is 3. The second-order valence-corrected chi connectivity index (χ2v) is 6.67. The summed E-state index contributed by atoms with van der Waals surface area (Å²) in [5.41, 5.74) is 2.12. The summed E-state index contributed by atoms with van der Waals surface area (Å²) in [7, 11) is 0. The van der Waals surface area contributed by atoms with Crippen molar-refractivity contribution in [1.82, 2.24) is 0 Å². The molecule has 2 rings (SSSR count). The molecule has 1 aliphatic rings. The van der Waals surface area contributed by atoms with Gasteiger partial charge < -0.3 is 30.5 Å². The number of hydrogen-bond acceptors (Lipinski definition) is 7. The van der Waals surface area contributed by atoms with Crippen LogP contribution in [0.25, 0.3) is 0 Å². The number of rotatable bonds is 10. The molecular formula is C20H27N3O5. The van der Waals surface area contributed by atoms with Crippen molar-refractivity contribution in [3.8, 4) is 0 Å². The smallest absolute Gasteiger partial charge is 0.185 e. The number of allylic oxidation sites excluding steroid dienone is 3. The largest absolute Gasteiger partial charge is 0.633 e. The molecule has 0 spiro atoms. The molecule has 8 nitrogen and oxygen atoms in total. The molecule has 0 bridgehead atoms. The summed E-state index contributed by atoms with van der Waals surface area (Å²) in [6.07, 6.45) is 3.47. The van der Waals surface area contributed by atoms with Crippen molar-refractivity contribution < 1.29 is 24.8 Å². The molecule has 0 atom stereocenters. The van der Waals surface area contributed by atoms with Gasteiger partial charge in [0.25, 0.3) is 0 Å². The number of ketones is 1. The number of nitrogens with zero attached hydrogens (tertiary/aromatic N) is 2. The van der Waals surface area contributed by atoms with Gasteiger partial charge in [-0.15, -0.1) is 0 Å². The van der Waals surface area contributed by atoms with E-state index >= 15 is 0 Å². The zero-order valence-corrected chi connectivity index (χ0v) is 16.0. The van der Waals surface area contributed by atoms with Crippen molar-refractivity contribution in [1.29, 1.82) is 0 Å². The van der Waals surface area contributed by atoms with E-state index in [1.54, 1.807) is 19.1 Å². The van der Waals surface area contributed by atoms with Crippen LogP contribution < -0.4 is 5.32 Å². The highest BCUT2D eigenvalue weighted by Gasteiger charge is 2.17. The molecule has 0 fully saturated rings. The number of benzene rings is 1. The van der Waals surface area contributed by atoms with Crippen LogP contribution in [0.5, 0.6) is 0 Å². The van der Waals surface area contributed by atoms with E-state index in [9.17, 15) is 15.1 Å². The maximum atomic E-state index is 12.3. The molecule has 4 N–H and O–H groups in total. The van der Waals surface area contributed by atoms with E-state index in [4.69, 9.17) is 10.2 Å². The maximum absolute atomic E-state index is 12.3. The van der Waals surface area contributed by atoms with Gasteiger partial charge in [-0.3, -0.25) is 4.79 Å². The van der Waals surface area contributed by atoms with Crippen molar-refractivity contribution >= 4 is 22.9 Å². The molecule has 28 heavy (non-hydrogen) atoms. The average molecular weight is 389 g/mol. The van der Waals surface area contributed by atoms with Crippen LogP contribution in [0.1, 0.15) is 13.3 Å². The van der Waals surface area contributed by atoms with E-state index in [1.165, 1.54) is 12.2 Å². The highest BCUT2D eigenvalue weighted by atomic mass is 16.5. The monoisotopic (exact) mass is 389 g/mol. The van der Waals surface area contributed by atoms with Gasteiger partial charge in [0.1, 0.15) is 24.6 Å². The number of hydroxylamine groups is 3. The summed E-state index contributed by atoms with van der Waals surface area (Å²) in [6.45, 7) is 2.21. The zero-order chi connectivity index (χ0) is 20.6. The van der Waals surface area contributed by atoms with Crippen molar-refractivity contribution in [2.24, 2.45) is 4.99 Å². The number of aliphatic imine (C=N–C) groups is 1. The third-order valence-corrected chi connectivity index (χ3v) is 4.56. The van der Waals surface area contributed by atoms with Gasteiger partial charge in [0.2, 0.25) is 0 Å². The van der Waals surface area contributed by atoms with Crippen LogP contribution in [0.4, 0.5) is 11.4 Å². The molecular weight excluding hydrogens is 362 g/mol. The summed E-state index contributed by atoms with van der Waals surface area (Å²) in [5.74, 6) is -0.339. The molecule has 0 heterocycles. The Morgan fingerprint density at radius 3 is 2.32 bits per heavy atom. The van der Waals surface area contributed by atoms with Crippen LogP contribution >= 0.6 is 0 Å². The van der Waals surface area contributed by atoms with E-state index in [1.807, 2.05) is 12.1 Å². The van der Waals surface area contributed by atoms with Crippen molar-refractivity contribution in [2.45, 2.75) is 13.3 Å². The summed E-state index contributed by atoms with van der Waals surface area (Å²) in [5, 5.41) is 43.5. The first-order valence-corrected chi connectivity index (χ1v) is 9.22. The van der Waals surface area contributed by atoms with Crippen LogP contribution in [-0.2, 0) is 4.79 Å². The molecule has 0 saturated carbocycles.